The van der Waals surface area contributed by atoms with Crippen molar-refractivity contribution in [1.29, 1.82) is 0 Å². The minimum absolute atomic E-state index is 0.117. The number of carbonyl (C=O) groups is 2. The third-order valence-electron chi connectivity index (χ3n) is 3.57. The lowest BCUT2D eigenvalue weighted by Gasteiger charge is -2.10. The molecule has 0 fully saturated rings. The number of amides is 2. The van der Waals surface area contributed by atoms with Crippen molar-refractivity contribution >= 4 is 17.5 Å². The first-order valence-electron chi connectivity index (χ1n) is 7.78. The maximum atomic E-state index is 12.3. The summed E-state index contributed by atoms with van der Waals surface area (Å²) in [4.78, 5) is 24.1. The summed E-state index contributed by atoms with van der Waals surface area (Å²) in [6.07, 6.45) is 0.891. The quantitative estimate of drug-likeness (QED) is 0.884. The van der Waals surface area contributed by atoms with Crippen molar-refractivity contribution in [2.45, 2.75) is 27.2 Å². The first-order valence-corrected chi connectivity index (χ1v) is 7.78. The standard InChI is InChI=1S/C19H22N2O2/c1-4-11-20-18(22)15-6-8-16(9-7-15)19(23)21-17-10-5-13(2)12-14(17)3/h5-10,12H,4,11H2,1-3H3,(H,20,22)(H,21,23). The van der Waals surface area contributed by atoms with E-state index in [9.17, 15) is 9.59 Å². The van der Waals surface area contributed by atoms with Gasteiger partial charge >= 0.3 is 0 Å². The fourth-order valence-corrected chi connectivity index (χ4v) is 2.26. The molecule has 120 valence electrons. The van der Waals surface area contributed by atoms with E-state index < -0.39 is 0 Å². The lowest BCUT2D eigenvalue weighted by atomic mass is 10.1. The Morgan fingerprint density at radius 1 is 0.913 bits per heavy atom. The molecule has 0 heterocycles. The van der Waals surface area contributed by atoms with Gasteiger partial charge in [0.1, 0.15) is 0 Å². The molecular weight excluding hydrogens is 288 g/mol. The number of hydrogen-bond donors (Lipinski definition) is 2. The molecule has 0 saturated carbocycles. The third-order valence-corrected chi connectivity index (χ3v) is 3.57. The van der Waals surface area contributed by atoms with E-state index in [1.165, 1.54) is 0 Å². The molecule has 0 aliphatic carbocycles. The van der Waals surface area contributed by atoms with Gasteiger partial charge in [0.25, 0.3) is 11.8 Å². The van der Waals surface area contributed by atoms with Crippen LogP contribution in [0.2, 0.25) is 0 Å². The van der Waals surface area contributed by atoms with Crippen LogP contribution in [0.1, 0.15) is 45.2 Å². The zero-order valence-corrected chi connectivity index (χ0v) is 13.8. The van der Waals surface area contributed by atoms with Gasteiger partial charge in [-0.2, -0.15) is 0 Å². The third kappa shape index (κ3) is 4.42. The molecule has 0 atom stereocenters. The molecular formula is C19H22N2O2. The Bertz CT molecular complexity index is 706. The smallest absolute Gasteiger partial charge is 0.255 e. The monoisotopic (exact) mass is 310 g/mol. The summed E-state index contributed by atoms with van der Waals surface area (Å²) in [5.74, 6) is -0.300. The van der Waals surface area contributed by atoms with Crippen LogP contribution in [0.4, 0.5) is 5.69 Å². The Morgan fingerprint density at radius 3 is 2.09 bits per heavy atom. The maximum Gasteiger partial charge on any atom is 0.255 e. The molecule has 2 aromatic carbocycles. The Hall–Kier alpha value is -2.62. The second kappa shape index (κ2) is 7.58. The summed E-state index contributed by atoms with van der Waals surface area (Å²) in [7, 11) is 0. The first kappa shape index (κ1) is 16.7. The highest BCUT2D eigenvalue weighted by Gasteiger charge is 2.10. The van der Waals surface area contributed by atoms with Crippen molar-refractivity contribution in [2.75, 3.05) is 11.9 Å². The molecule has 0 spiro atoms. The highest BCUT2D eigenvalue weighted by atomic mass is 16.2. The van der Waals surface area contributed by atoms with Gasteiger partial charge in [-0.1, -0.05) is 24.6 Å². The van der Waals surface area contributed by atoms with Crippen molar-refractivity contribution in [1.82, 2.24) is 5.32 Å². The largest absolute Gasteiger partial charge is 0.352 e. The minimum Gasteiger partial charge on any atom is -0.352 e. The van der Waals surface area contributed by atoms with Crippen LogP contribution in [0.5, 0.6) is 0 Å². The van der Waals surface area contributed by atoms with Crippen molar-refractivity contribution in [3.05, 3.63) is 64.7 Å². The molecule has 0 unspecified atom stereocenters. The molecule has 2 N–H and O–H groups in total. The van der Waals surface area contributed by atoms with Crippen molar-refractivity contribution < 1.29 is 9.59 Å². The summed E-state index contributed by atoms with van der Waals surface area (Å²) >= 11 is 0. The van der Waals surface area contributed by atoms with Gasteiger partial charge in [-0.25, -0.2) is 0 Å². The fourth-order valence-electron chi connectivity index (χ4n) is 2.26. The van der Waals surface area contributed by atoms with E-state index in [0.717, 1.165) is 23.2 Å². The minimum atomic E-state index is -0.183. The van der Waals surface area contributed by atoms with Gasteiger partial charge < -0.3 is 10.6 Å². The first-order chi connectivity index (χ1) is 11.0. The van der Waals surface area contributed by atoms with Crippen molar-refractivity contribution in [2.24, 2.45) is 0 Å². The molecule has 2 aromatic rings. The van der Waals surface area contributed by atoms with E-state index in [1.807, 2.05) is 39.0 Å². The average molecular weight is 310 g/mol. The van der Waals surface area contributed by atoms with E-state index in [4.69, 9.17) is 0 Å². The summed E-state index contributed by atoms with van der Waals surface area (Å²) in [6, 6.07) is 12.6. The number of hydrogen-bond acceptors (Lipinski definition) is 2. The molecule has 0 radical (unpaired) electrons. The Balaban J connectivity index is 2.06. The second-order valence-electron chi connectivity index (χ2n) is 5.61. The summed E-state index contributed by atoms with van der Waals surface area (Å²) in [5, 5.41) is 5.71. The molecule has 2 rings (SSSR count). The van der Waals surface area contributed by atoms with Gasteiger partial charge in [-0.3, -0.25) is 9.59 Å². The van der Waals surface area contributed by atoms with Crippen LogP contribution in [-0.2, 0) is 0 Å². The molecule has 0 aliphatic heterocycles. The predicted molar refractivity (Wildman–Crippen MR) is 92.9 cm³/mol. The van der Waals surface area contributed by atoms with Gasteiger partial charge in [-0.15, -0.1) is 0 Å². The molecule has 0 aliphatic rings. The normalized spacial score (nSPS) is 10.2. The Morgan fingerprint density at radius 2 is 1.52 bits per heavy atom. The average Bonchev–Trinajstić information content (AvgIpc) is 2.55. The number of anilines is 1. The summed E-state index contributed by atoms with van der Waals surface area (Å²) < 4.78 is 0. The van der Waals surface area contributed by atoms with E-state index in [0.29, 0.717) is 17.7 Å². The second-order valence-corrected chi connectivity index (χ2v) is 5.61. The van der Waals surface area contributed by atoms with Gasteiger partial charge in [0.05, 0.1) is 0 Å². The zero-order chi connectivity index (χ0) is 16.8. The molecule has 2 amide bonds. The van der Waals surface area contributed by atoms with Crippen LogP contribution in [0, 0.1) is 13.8 Å². The van der Waals surface area contributed by atoms with Gasteiger partial charge in [0, 0.05) is 23.4 Å². The van der Waals surface area contributed by atoms with Crippen molar-refractivity contribution in [3.63, 3.8) is 0 Å². The van der Waals surface area contributed by atoms with E-state index in [-0.39, 0.29) is 11.8 Å². The highest BCUT2D eigenvalue weighted by Crippen LogP contribution is 2.17. The van der Waals surface area contributed by atoms with Gasteiger partial charge in [0.2, 0.25) is 0 Å². The van der Waals surface area contributed by atoms with Crippen LogP contribution in [0.25, 0.3) is 0 Å². The molecule has 4 heteroatoms. The van der Waals surface area contributed by atoms with Crippen LogP contribution in [-0.4, -0.2) is 18.4 Å². The number of benzene rings is 2. The lowest BCUT2D eigenvalue weighted by Crippen LogP contribution is -2.24. The molecule has 0 aromatic heterocycles. The molecule has 4 nitrogen and oxygen atoms in total. The predicted octanol–water partition coefficient (Wildman–Crippen LogP) is 3.70. The van der Waals surface area contributed by atoms with E-state index >= 15 is 0 Å². The number of rotatable bonds is 5. The van der Waals surface area contributed by atoms with Crippen molar-refractivity contribution in [3.8, 4) is 0 Å². The zero-order valence-electron chi connectivity index (χ0n) is 13.8. The van der Waals surface area contributed by atoms with Gasteiger partial charge in [0.15, 0.2) is 0 Å². The molecule has 0 bridgehead atoms. The highest BCUT2D eigenvalue weighted by molar-refractivity contribution is 6.05. The van der Waals surface area contributed by atoms with Crippen LogP contribution in [0.15, 0.2) is 42.5 Å². The Kier molecular flexibility index (Phi) is 5.52. The van der Waals surface area contributed by atoms with E-state index in [2.05, 4.69) is 10.6 Å². The summed E-state index contributed by atoms with van der Waals surface area (Å²) in [5.41, 5.74) is 4.06. The maximum absolute atomic E-state index is 12.3. The number of aryl methyl sites for hydroxylation is 2. The topological polar surface area (TPSA) is 58.2 Å². The van der Waals surface area contributed by atoms with Crippen LogP contribution < -0.4 is 10.6 Å². The SMILES string of the molecule is CCCNC(=O)c1ccc(C(=O)Nc2ccc(C)cc2C)cc1. The number of nitrogens with one attached hydrogen (secondary N) is 2. The molecule has 0 saturated heterocycles. The van der Waals surface area contributed by atoms with Gasteiger partial charge in [-0.05, 0) is 56.2 Å². The van der Waals surface area contributed by atoms with Crippen LogP contribution >= 0.6 is 0 Å². The summed E-state index contributed by atoms with van der Waals surface area (Å²) in [6.45, 7) is 6.62. The molecule has 23 heavy (non-hydrogen) atoms. The fraction of sp³-hybridized carbons (Fsp3) is 0.263. The Labute approximate surface area is 136 Å². The van der Waals surface area contributed by atoms with Crippen LogP contribution in [0.3, 0.4) is 0 Å². The lowest BCUT2D eigenvalue weighted by molar-refractivity contribution is 0.0951. The number of carbonyl (C=O) groups excluding carboxylic acids is 2. The van der Waals surface area contributed by atoms with E-state index in [1.54, 1.807) is 24.3 Å².